The van der Waals surface area contributed by atoms with Crippen LogP contribution in [0.3, 0.4) is 0 Å². The van der Waals surface area contributed by atoms with E-state index in [0.29, 0.717) is 0 Å². The molecule has 152 valence electrons. The fraction of sp³-hybridized carbons (Fsp3) is 0.364. The molecule has 0 amide bonds. The molecule has 2 aromatic rings. The van der Waals surface area contributed by atoms with E-state index in [1.165, 1.54) is 48.3 Å². The Morgan fingerprint density at radius 1 is 0.714 bits per heavy atom. The van der Waals surface area contributed by atoms with Gasteiger partial charge in [-0.1, -0.05) is 75.4 Å². The Balaban J connectivity index is 0.000000696. The average Bonchev–Trinajstić information content (AvgIpc) is 2.67. The van der Waals surface area contributed by atoms with Crippen LogP contribution < -0.4 is 0 Å². The molecule has 6 heteroatoms. The van der Waals surface area contributed by atoms with E-state index < -0.39 is 7.25 Å². The van der Waals surface area contributed by atoms with Crippen molar-refractivity contribution in [2.75, 3.05) is 0 Å². The molecule has 28 heavy (non-hydrogen) atoms. The zero-order valence-corrected chi connectivity index (χ0v) is 17.0. The second-order valence-electron chi connectivity index (χ2n) is 6.22. The van der Waals surface area contributed by atoms with Crippen molar-refractivity contribution in [3.63, 3.8) is 0 Å². The van der Waals surface area contributed by atoms with Gasteiger partial charge >= 0.3 is 7.25 Å². The van der Waals surface area contributed by atoms with Gasteiger partial charge in [0.25, 0.3) is 0 Å². The van der Waals surface area contributed by atoms with Crippen LogP contribution in [0.15, 0.2) is 70.5 Å². The van der Waals surface area contributed by atoms with Crippen LogP contribution in [-0.4, -0.2) is 7.25 Å². The number of rotatable bonds is 8. The van der Waals surface area contributed by atoms with Crippen LogP contribution in [0.1, 0.15) is 51.9 Å². The number of unbranched alkanes of at least 4 members (excludes halogenated alkanes) is 6. The maximum absolute atomic E-state index is 9.75. The molecule has 0 atom stereocenters. The molecule has 0 radical (unpaired) electrons. The Morgan fingerprint density at radius 2 is 1.14 bits per heavy atom. The van der Waals surface area contributed by atoms with Crippen molar-refractivity contribution in [3.05, 3.63) is 60.7 Å². The lowest BCUT2D eigenvalue weighted by molar-refractivity contribution is 0.368. The summed E-state index contributed by atoms with van der Waals surface area (Å²) in [4.78, 5) is 2.63. The predicted molar refractivity (Wildman–Crippen MR) is 113 cm³/mol. The van der Waals surface area contributed by atoms with Gasteiger partial charge in [-0.05, 0) is 36.6 Å². The second-order valence-corrected chi connectivity index (χ2v) is 7.98. The highest BCUT2D eigenvalue weighted by atomic mass is 32.2. The molecule has 0 aliphatic heterocycles. The fourth-order valence-electron chi connectivity index (χ4n) is 2.48. The molecule has 0 saturated heterocycles. The molecule has 0 N–H and O–H groups in total. The standard InChI is InChI=1S/C22H27S.BF4/c1-2-3-4-5-6-7-8-15-20-23(21-16-11-9-12-17-21)22-18-13-10-14-19-22;2-1(3,4)5/h9-14,16-19H,2-8H2,1H3;/q+1;-1. The summed E-state index contributed by atoms with van der Waals surface area (Å²) in [6.45, 7) is 2.26. The fourth-order valence-corrected chi connectivity index (χ4v) is 4.10. The monoisotopic (exact) mass is 410 g/mol. The zero-order chi connectivity index (χ0) is 20.7. The molecular weight excluding hydrogens is 383 g/mol. The van der Waals surface area contributed by atoms with Gasteiger partial charge in [-0.15, -0.1) is 0 Å². The Bertz CT molecular complexity index is 648. The molecule has 2 aromatic carbocycles. The third kappa shape index (κ3) is 12.5. The molecule has 0 fully saturated rings. The normalized spacial score (nSPS) is 10.6. The van der Waals surface area contributed by atoms with Gasteiger partial charge in [0, 0.05) is 6.42 Å². The molecule has 0 aromatic heterocycles. The van der Waals surface area contributed by atoms with Crippen LogP contribution in [0.4, 0.5) is 17.3 Å². The Hall–Kier alpha value is -1.87. The summed E-state index contributed by atoms with van der Waals surface area (Å²) in [6, 6.07) is 21.3. The van der Waals surface area contributed by atoms with Gasteiger partial charge in [0.1, 0.15) is 10.9 Å². The van der Waals surface area contributed by atoms with Gasteiger partial charge in [0.2, 0.25) is 0 Å². The first-order chi connectivity index (χ1) is 13.4. The quantitative estimate of drug-likeness (QED) is 0.137. The minimum Gasteiger partial charge on any atom is -0.418 e. The largest absolute Gasteiger partial charge is 0.673 e. The van der Waals surface area contributed by atoms with Crippen LogP contribution in [0.2, 0.25) is 0 Å². The molecule has 0 aliphatic carbocycles. The first-order valence-corrected chi connectivity index (χ1v) is 10.8. The van der Waals surface area contributed by atoms with Crippen LogP contribution in [0.5, 0.6) is 0 Å². The lowest BCUT2D eigenvalue weighted by atomic mass is 10.1. The summed E-state index contributed by atoms with van der Waals surface area (Å²) in [5.74, 6) is 3.44. The van der Waals surface area contributed by atoms with E-state index in [-0.39, 0.29) is 10.9 Å². The highest BCUT2D eigenvalue weighted by Gasteiger charge is 2.23. The third-order valence-corrected chi connectivity index (χ3v) is 5.62. The maximum Gasteiger partial charge on any atom is 0.673 e. The minimum absolute atomic E-state index is 0.123. The van der Waals surface area contributed by atoms with E-state index in [2.05, 4.69) is 78.8 Å². The van der Waals surface area contributed by atoms with Crippen molar-refractivity contribution in [2.24, 2.45) is 0 Å². The van der Waals surface area contributed by atoms with Gasteiger partial charge in [-0.3, -0.25) is 0 Å². The van der Waals surface area contributed by atoms with Gasteiger partial charge < -0.3 is 17.3 Å². The lowest BCUT2D eigenvalue weighted by Crippen LogP contribution is -2.02. The van der Waals surface area contributed by atoms with Crippen LogP contribution >= 0.6 is 0 Å². The average molecular weight is 410 g/mol. The van der Waals surface area contributed by atoms with Crippen molar-refractivity contribution in [1.82, 2.24) is 0 Å². The van der Waals surface area contributed by atoms with E-state index in [4.69, 9.17) is 0 Å². The Morgan fingerprint density at radius 3 is 1.61 bits per heavy atom. The molecule has 0 spiro atoms. The first-order valence-electron chi connectivity index (χ1n) is 9.62. The van der Waals surface area contributed by atoms with Gasteiger partial charge in [-0.25, -0.2) is 0 Å². The second kappa shape index (κ2) is 14.2. The number of hydrogen-bond donors (Lipinski definition) is 0. The van der Waals surface area contributed by atoms with Crippen LogP contribution in [-0.2, 0) is 10.9 Å². The van der Waals surface area contributed by atoms with Crippen LogP contribution in [0, 0.1) is 11.2 Å². The molecule has 0 nitrogen and oxygen atoms in total. The van der Waals surface area contributed by atoms with Gasteiger partial charge in [0.15, 0.2) is 15.0 Å². The minimum atomic E-state index is -6.00. The topological polar surface area (TPSA) is 0 Å². The Labute approximate surface area is 169 Å². The number of halogens is 4. The van der Waals surface area contributed by atoms with Crippen molar-refractivity contribution >= 4 is 18.1 Å². The van der Waals surface area contributed by atoms with Crippen molar-refractivity contribution in [2.45, 2.75) is 61.7 Å². The van der Waals surface area contributed by atoms with E-state index >= 15 is 0 Å². The highest BCUT2D eigenvalue weighted by molar-refractivity contribution is 8.01. The summed E-state index contributed by atoms with van der Waals surface area (Å²) in [6.07, 6.45) is 9.00. The molecule has 0 heterocycles. The summed E-state index contributed by atoms with van der Waals surface area (Å²) in [5, 5.41) is 3.53. The van der Waals surface area contributed by atoms with Crippen molar-refractivity contribution < 1.29 is 17.3 Å². The first kappa shape index (κ1) is 24.2. The van der Waals surface area contributed by atoms with Crippen molar-refractivity contribution in [1.29, 1.82) is 0 Å². The molecule has 2 rings (SSSR count). The van der Waals surface area contributed by atoms with Crippen LogP contribution in [0.25, 0.3) is 0 Å². The van der Waals surface area contributed by atoms with E-state index in [9.17, 15) is 17.3 Å². The molecular formula is C22H27BF4S. The number of benzene rings is 2. The summed E-state index contributed by atoms with van der Waals surface area (Å²) in [7, 11) is -6.12. The number of hydrogen-bond acceptors (Lipinski definition) is 0. The summed E-state index contributed by atoms with van der Waals surface area (Å²) >= 11 is 0. The molecule has 0 saturated carbocycles. The van der Waals surface area contributed by atoms with E-state index in [0.717, 1.165) is 6.42 Å². The molecule has 0 unspecified atom stereocenters. The van der Waals surface area contributed by atoms with E-state index in [1.54, 1.807) is 0 Å². The smallest absolute Gasteiger partial charge is 0.418 e. The summed E-state index contributed by atoms with van der Waals surface area (Å²) in [5.41, 5.74) is 0. The lowest BCUT2D eigenvalue weighted by Gasteiger charge is -2.00. The van der Waals surface area contributed by atoms with Gasteiger partial charge in [-0.2, -0.15) is 0 Å². The SMILES string of the molecule is CCCCCCCCC#C[S+](c1ccccc1)c1ccccc1.F[B-](F)(F)F. The highest BCUT2D eigenvalue weighted by Crippen LogP contribution is 2.22. The Kier molecular flexibility index (Phi) is 12.2. The summed E-state index contributed by atoms with van der Waals surface area (Å²) < 4.78 is 39.0. The van der Waals surface area contributed by atoms with Gasteiger partial charge in [0.05, 0.1) is 0 Å². The molecule has 0 bridgehead atoms. The predicted octanol–water partition coefficient (Wildman–Crippen LogP) is 7.73. The van der Waals surface area contributed by atoms with Crippen molar-refractivity contribution in [3.8, 4) is 11.2 Å². The zero-order valence-electron chi connectivity index (χ0n) is 16.2. The van der Waals surface area contributed by atoms with E-state index in [1.807, 2.05) is 0 Å². The molecule has 0 aliphatic rings. The maximum atomic E-state index is 9.75. The third-order valence-electron chi connectivity index (χ3n) is 3.79.